The lowest BCUT2D eigenvalue weighted by Crippen LogP contribution is -2.60. The first-order valence-electron chi connectivity index (χ1n) is 9.84. The van der Waals surface area contributed by atoms with Gasteiger partial charge >= 0.3 is 0 Å². The van der Waals surface area contributed by atoms with Crippen LogP contribution < -0.4 is 0 Å². The Morgan fingerprint density at radius 3 is 2.17 bits per heavy atom. The predicted molar refractivity (Wildman–Crippen MR) is 98.3 cm³/mol. The van der Waals surface area contributed by atoms with Gasteiger partial charge in [0.1, 0.15) is 0 Å². The summed E-state index contributed by atoms with van der Waals surface area (Å²) in [5.74, 6) is 4.47. The van der Waals surface area contributed by atoms with E-state index in [0.29, 0.717) is 5.41 Å². The molecule has 3 atom stereocenters. The lowest BCUT2D eigenvalue weighted by Gasteiger charge is -2.66. The smallest absolute Gasteiger partial charge is 0.0959 e. The Bertz CT molecular complexity index is 494. The van der Waals surface area contributed by atoms with Crippen LogP contribution in [0.25, 0.3) is 0 Å². The molecule has 5 aliphatic carbocycles. The fourth-order valence-corrected chi connectivity index (χ4v) is 8.09. The number of hydrogen-bond donors (Lipinski definition) is 0. The van der Waals surface area contributed by atoms with Gasteiger partial charge in [-0.1, -0.05) is 12.8 Å². The zero-order chi connectivity index (χ0) is 14.9. The van der Waals surface area contributed by atoms with Gasteiger partial charge in [0.05, 0.1) is 18.4 Å². The lowest BCUT2D eigenvalue weighted by atomic mass is 9.40. The fraction of sp³-hybridized carbons (Fsp3) is 0.950. The van der Waals surface area contributed by atoms with Gasteiger partial charge in [-0.15, -0.1) is 12.4 Å². The SMILES string of the molecule is CC1=NCC(C23CC4CC(CC(C5CCCC5)(C4)C2)C3)N1C.Cl. The monoisotopic (exact) mass is 336 g/mol. The van der Waals surface area contributed by atoms with Gasteiger partial charge in [0.25, 0.3) is 0 Å². The molecule has 5 fully saturated rings. The van der Waals surface area contributed by atoms with Gasteiger partial charge in [-0.3, -0.25) is 4.99 Å². The van der Waals surface area contributed by atoms with E-state index < -0.39 is 0 Å². The molecule has 23 heavy (non-hydrogen) atoms. The summed E-state index contributed by atoms with van der Waals surface area (Å²) in [6, 6.07) is 0.721. The molecule has 0 spiro atoms. The molecule has 0 N–H and O–H groups in total. The van der Waals surface area contributed by atoms with Gasteiger partial charge in [0.15, 0.2) is 0 Å². The van der Waals surface area contributed by atoms with E-state index in [9.17, 15) is 0 Å². The van der Waals surface area contributed by atoms with Crippen LogP contribution in [0.15, 0.2) is 4.99 Å². The summed E-state index contributed by atoms with van der Waals surface area (Å²) < 4.78 is 0. The molecule has 5 saturated carbocycles. The summed E-state index contributed by atoms with van der Waals surface area (Å²) in [4.78, 5) is 7.37. The summed E-state index contributed by atoms with van der Waals surface area (Å²) in [5, 5.41) is 0. The zero-order valence-corrected chi connectivity index (χ0v) is 15.7. The third-order valence-corrected chi connectivity index (χ3v) is 8.55. The lowest BCUT2D eigenvalue weighted by molar-refractivity contribution is -0.153. The minimum atomic E-state index is 0. The highest BCUT2D eigenvalue weighted by Gasteiger charge is 2.62. The van der Waals surface area contributed by atoms with E-state index in [4.69, 9.17) is 4.99 Å². The standard InChI is InChI=1S/C20H32N2.ClH/c1-14-21-12-18(22(14)2)20-10-15-7-16(11-20)9-19(8-15,13-20)17-5-3-4-6-17;/h15-18H,3-13H2,1-2H3;1H. The Morgan fingerprint density at radius 2 is 1.61 bits per heavy atom. The van der Waals surface area contributed by atoms with Crippen molar-refractivity contribution in [2.75, 3.05) is 13.6 Å². The topological polar surface area (TPSA) is 15.6 Å². The van der Waals surface area contributed by atoms with Crippen LogP contribution in [0.1, 0.15) is 71.1 Å². The number of hydrogen-bond acceptors (Lipinski definition) is 2. The number of amidine groups is 1. The van der Waals surface area contributed by atoms with Gasteiger partial charge in [-0.2, -0.15) is 0 Å². The van der Waals surface area contributed by atoms with E-state index in [1.165, 1.54) is 31.5 Å². The molecule has 0 saturated heterocycles. The van der Waals surface area contributed by atoms with Crippen molar-refractivity contribution in [1.29, 1.82) is 0 Å². The molecule has 1 heterocycles. The predicted octanol–water partition coefficient (Wildman–Crippen LogP) is 4.92. The number of aliphatic imine (C=N–C) groups is 1. The summed E-state index contributed by atoms with van der Waals surface area (Å²) >= 11 is 0. The largest absolute Gasteiger partial charge is 0.358 e. The van der Waals surface area contributed by atoms with Crippen molar-refractivity contribution in [2.24, 2.45) is 33.6 Å². The van der Waals surface area contributed by atoms with Gasteiger partial charge in [-0.25, -0.2) is 0 Å². The van der Waals surface area contributed by atoms with Crippen LogP contribution in [0, 0.1) is 28.6 Å². The molecule has 0 aromatic rings. The van der Waals surface area contributed by atoms with E-state index in [2.05, 4.69) is 18.9 Å². The summed E-state index contributed by atoms with van der Waals surface area (Å²) in [6.45, 7) is 3.30. The van der Waals surface area contributed by atoms with Crippen molar-refractivity contribution in [3.05, 3.63) is 0 Å². The first kappa shape index (κ1) is 16.2. The van der Waals surface area contributed by atoms with E-state index >= 15 is 0 Å². The third-order valence-electron chi connectivity index (χ3n) is 8.55. The van der Waals surface area contributed by atoms with Crippen molar-refractivity contribution in [3.8, 4) is 0 Å². The first-order chi connectivity index (χ1) is 10.6. The van der Waals surface area contributed by atoms with Crippen molar-refractivity contribution in [3.63, 3.8) is 0 Å². The molecule has 0 aromatic heterocycles. The fourth-order valence-electron chi connectivity index (χ4n) is 8.09. The second-order valence-corrected chi connectivity index (χ2v) is 9.68. The van der Waals surface area contributed by atoms with E-state index in [-0.39, 0.29) is 12.4 Å². The molecular formula is C20H33ClN2. The highest BCUT2D eigenvalue weighted by atomic mass is 35.5. The average Bonchev–Trinajstić information content (AvgIpc) is 3.09. The maximum absolute atomic E-state index is 4.82. The molecule has 0 aromatic carbocycles. The van der Waals surface area contributed by atoms with E-state index in [0.717, 1.165) is 35.8 Å². The number of nitrogens with zero attached hydrogens (tertiary/aromatic N) is 2. The van der Waals surface area contributed by atoms with E-state index in [1.807, 2.05) is 0 Å². The van der Waals surface area contributed by atoms with Gasteiger partial charge in [0, 0.05) is 7.05 Å². The molecular weight excluding hydrogens is 304 g/mol. The minimum Gasteiger partial charge on any atom is -0.358 e. The first-order valence-corrected chi connectivity index (χ1v) is 9.84. The van der Waals surface area contributed by atoms with Gasteiger partial charge < -0.3 is 4.90 Å². The summed E-state index contributed by atoms with van der Waals surface area (Å²) in [7, 11) is 2.32. The summed E-state index contributed by atoms with van der Waals surface area (Å²) in [5.41, 5.74) is 1.36. The van der Waals surface area contributed by atoms with E-state index in [1.54, 1.807) is 38.5 Å². The van der Waals surface area contributed by atoms with Crippen LogP contribution in [0.5, 0.6) is 0 Å². The second-order valence-electron chi connectivity index (χ2n) is 9.68. The number of halogens is 1. The molecule has 0 radical (unpaired) electrons. The van der Waals surface area contributed by atoms with Crippen molar-refractivity contribution in [2.45, 2.75) is 77.2 Å². The van der Waals surface area contributed by atoms with Crippen LogP contribution in [-0.4, -0.2) is 30.4 Å². The molecule has 1 aliphatic heterocycles. The third kappa shape index (κ3) is 2.23. The van der Waals surface area contributed by atoms with Crippen molar-refractivity contribution < 1.29 is 0 Å². The Hall–Kier alpha value is -0.240. The molecule has 2 nitrogen and oxygen atoms in total. The summed E-state index contributed by atoms with van der Waals surface area (Å²) in [6.07, 6.45) is 15.5. The normalized spacial score (nSPS) is 48.7. The molecule has 6 aliphatic rings. The maximum Gasteiger partial charge on any atom is 0.0959 e. The Labute approximate surface area is 147 Å². The van der Waals surface area contributed by atoms with Crippen molar-refractivity contribution >= 4 is 18.2 Å². The molecule has 4 bridgehead atoms. The van der Waals surface area contributed by atoms with Crippen LogP contribution >= 0.6 is 12.4 Å². The number of likely N-dealkylation sites (N-methyl/N-ethyl adjacent to an activating group) is 1. The number of rotatable bonds is 2. The quantitative estimate of drug-likeness (QED) is 0.699. The minimum absolute atomic E-state index is 0. The van der Waals surface area contributed by atoms with Crippen molar-refractivity contribution in [1.82, 2.24) is 4.90 Å². The highest BCUT2D eigenvalue weighted by molar-refractivity contribution is 5.85. The van der Waals surface area contributed by atoms with Crippen LogP contribution in [-0.2, 0) is 0 Å². The molecule has 3 unspecified atom stereocenters. The highest BCUT2D eigenvalue weighted by Crippen LogP contribution is 2.70. The Balaban J connectivity index is 0.00000135. The van der Waals surface area contributed by atoms with Gasteiger partial charge in [-0.05, 0) is 86.9 Å². The molecule has 6 rings (SSSR count). The van der Waals surface area contributed by atoms with Crippen LogP contribution in [0.2, 0.25) is 0 Å². The maximum atomic E-state index is 4.82. The molecule has 130 valence electrons. The Kier molecular flexibility index (Phi) is 3.80. The molecule has 0 amide bonds. The van der Waals surface area contributed by atoms with Gasteiger partial charge in [0.2, 0.25) is 0 Å². The average molecular weight is 337 g/mol. The van der Waals surface area contributed by atoms with Crippen LogP contribution in [0.3, 0.4) is 0 Å². The van der Waals surface area contributed by atoms with Crippen LogP contribution in [0.4, 0.5) is 0 Å². The molecule has 3 heteroatoms. The zero-order valence-electron chi connectivity index (χ0n) is 14.9. The second kappa shape index (κ2) is 5.38. The Morgan fingerprint density at radius 1 is 1.00 bits per heavy atom.